The first-order chi connectivity index (χ1) is 14.6. The average molecular weight is 404 g/mol. The first kappa shape index (κ1) is 20.9. The molecule has 0 atom stereocenters. The molecular formula is C24H24N2O4. The molecule has 3 rings (SSSR count). The van der Waals surface area contributed by atoms with Crippen molar-refractivity contribution in [1.82, 2.24) is 10.9 Å². The van der Waals surface area contributed by atoms with E-state index in [0.29, 0.717) is 5.75 Å². The quantitative estimate of drug-likeness (QED) is 0.562. The minimum absolute atomic E-state index is 0.117. The molecule has 0 aliphatic rings. The lowest BCUT2D eigenvalue weighted by Gasteiger charge is -2.12. The van der Waals surface area contributed by atoms with Gasteiger partial charge >= 0.3 is 0 Å². The molecule has 0 heterocycles. The van der Waals surface area contributed by atoms with Crippen molar-refractivity contribution in [2.75, 3.05) is 13.2 Å². The van der Waals surface area contributed by atoms with Crippen LogP contribution in [0, 0.1) is 6.92 Å². The van der Waals surface area contributed by atoms with Crippen LogP contribution < -0.4 is 20.3 Å². The van der Waals surface area contributed by atoms with Gasteiger partial charge in [-0.2, -0.15) is 0 Å². The predicted molar refractivity (Wildman–Crippen MR) is 115 cm³/mol. The van der Waals surface area contributed by atoms with E-state index in [1.54, 1.807) is 6.07 Å². The molecule has 30 heavy (non-hydrogen) atoms. The molecule has 0 saturated heterocycles. The van der Waals surface area contributed by atoms with E-state index < -0.39 is 5.91 Å². The van der Waals surface area contributed by atoms with Crippen LogP contribution in [0.3, 0.4) is 0 Å². The van der Waals surface area contributed by atoms with Crippen LogP contribution in [0.15, 0.2) is 78.9 Å². The Bertz CT molecular complexity index is 989. The number of amides is 2. The summed E-state index contributed by atoms with van der Waals surface area (Å²) in [4.78, 5) is 23.9. The number of carbonyl (C=O) groups excluding carboxylic acids is 2. The van der Waals surface area contributed by atoms with Crippen molar-refractivity contribution in [3.05, 3.63) is 84.4 Å². The fourth-order valence-corrected chi connectivity index (χ4v) is 2.80. The fraction of sp³-hybridized carbons (Fsp3) is 0.167. The highest BCUT2D eigenvalue weighted by molar-refractivity contribution is 5.83. The molecule has 0 unspecified atom stereocenters. The highest BCUT2D eigenvalue weighted by atomic mass is 16.5. The Morgan fingerprint density at radius 1 is 0.733 bits per heavy atom. The normalized spacial score (nSPS) is 10.2. The summed E-state index contributed by atoms with van der Waals surface area (Å²) in [5.74, 6) is 0.532. The van der Waals surface area contributed by atoms with Gasteiger partial charge in [-0.25, -0.2) is 0 Å². The van der Waals surface area contributed by atoms with Crippen LogP contribution in [0.2, 0.25) is 0 Å². The van der Waals surface area contributed by atoms with Crippen molar-refractivity contribution in [1.29, 1.82) is 0 Å². The van der Waals surface area contributed by atoms with E-state index >= 15 is 0 Å². The molecule has 0 radical (unpaired) electrons. The Kier molecular flexibility index (Phi) is 7.44. The second-order valence-corrected chi connectivity index (χ2v) is 6.61. The van der Waals surface area contributed by atoms with Crippen LogP contribution in [0.5, 0.6) is 11.5 Å². The monoisotopic (exact) mass is 404 g/mol. The van der Waals surface area contributed by atoms with Gasteiger partial charge in [-0.1, -0.05) is 66.7 Å². The molecule has 6 nitrogen and oxygen atoms in total. The number of hydrogen-bond donors (Lipinski definition) is 2. The average Bonchev–Trinajstić information content (AvgIpc) is 2.78. The fourth-order valence-electron chi connectivity index (χ4n) is 2.80. The number of benzene rings is 3. The number of ether oxygens (including phenoxy) is 2. The van der Waals surface area contributed by atoms with Crippen molar-refractivity contribution in [3.63, 3.8) is 0 Å². The Balaban J connectivity index is 1.41. The molecule has 2 amide bonds. The lowest BCUT2D eigenvalue weighted by molar-refractivity contribution is -0.130. The number of carbonyl (C=O) groups is 2. The molecule has 154 valence electrons. The molecule has 3 aromatic carbocycles. The Hall–Kier alpha value is -3.80. The maximum Gasteiger partial charge on any atom is 0.276 e. The number of para-hydroxylation sites is 2. The summed E-state index contributed by atoms with van der Waals surface area (Å²) >= 11 is 0. The molecule has 0 spiro atoms. The summed E-state index contributed by atoms with van der Waals surface area (Å²) in [6, 6.07) is 24.8. The number of hydrazine groups is 1. The lowest BCUT2D eigenvalue weighted by atomic mass is 10.1. The van der Waals surface area contributed by atoms with Crippen molar-refractivity contribution >= 4 is 11.8 Å². The highest BCUT2D eigenvalue weighted by Gasteiger charge is 2.09. The van der Waals surface area contributed by atoms with E-state index in [-0.39, 0.29) is 25.5 Å². The Morgan fingerprint density at radius 3 is 2.13 bits per heavy atom. The molecule has 0 aliphatic carbocycles. The summed E-state index contributed by atoms with van der Waals surface area (Å²) in [5.41, 5.74) is 7.61. The van der Waals surface area contributed by atoms with Crippen molar-refractivity contribution < 1.29 is 19.1 Å². The molecule has 2 N–H and O–H groups in total. The molecule has 0 fully saturated rings. The zero-order valence-electron chi connectivity index (χ0n) is 16.8. The second kappa shape index (κ2) is 10.7. The minimum atomic E-state index is -0.453. The smallest absolute Gasteiger partial charge is 0.276 e. The lowest BCUT2D eigenvalue weighted by Crippen LogP contribution is -2.44. The number of nitrogens with one attached hydrogen (secondary N) is 2. The highest BCUT2D eigenvalue weighted by Crippen LogP contribution is 2.29. The van der Waals surface area contributed by atoms with E-state index in [1.807, 2.05) is 79.7 Å². The number of aryl methyl sites for hydroxylation is 1. The van der Waals surface area contributed by atoms with Crippen LogP contribution in [0.1, 0.15) is 12.0 Å². The first-order valence-electron chi connectivity index (χ1n) is 9.67. The van der Waals surface area contributed by atoms with Crippen molar-refractivity contribution in [2.45, 2.75) is 13.3 Å². The van der Waals surface area contributed by atoms with Gasteiger partial charge in [0.2, 0.25) is 5.91 Å². The third-order valence-electron chi connectivity index (χ3n) is 4.35. The topological polar surface area (TPSA) is 76.7 Å². The summed E-state index contributed by atoms with van der Waals surface area (Å²) in [6.45, 7) is 1.93. The van der Waals surface area contributed by atoms with Gasteiger partial charge in [0.15, 0.2) is 6.61 Å². The largest absolute Gasteiger partial charge is 0.493 e. The van der Waals surface area contributed by atoms with Gasteiger partial charge in [-0.15, -0.1) is 0 Å². The molecule has 0 aromatic heterocycles. The van der Waals surface area contributed by atoms with Gasteiger partial charge in [0.25, 0.3) is 5.91 Å². The van der Waals surface area contributed by atoms with Gasteiger partial charge in [-0.05, 0) is 30.2 Å². The van der Waals surface area contributed by atoms with E-state index in [1.165, 1.54) is 0 Å². The molecule has 6 heteroatoms. The van der Waals surface area contributed by atoms with E-state index in [4.69, 9.17) is 9.47 Å². The molecular weight excluding hydrogens is 380 g/mol. The van der Waals surface area contributed by atoms with Gasteiger partial charge in [0.1, 0.15) is 11.5 Å². The summed E-state index contributed by atoms with van der Waals surface area (Å²) < 4.78 is 11.2. The molecule has 3 aromatic rings. The van der Waals surface area contributed by atoms with Gasteiger partial charge in [0.05, 0.1) is 13.0 Å². The zero-order chi connectivity index (χ0) is 21.2. The van der Waals surface area contributed by atoms with Gasteiger partial charge < -0.3 is 9.47 Å². The Morgan fingerprint density at radius 2 is 1.37 bits per heavy atom. The molecule has 0 saturated carbocycles. The summed E-state index contributed by atoms with van der Waals surface area (Å²) in [5, 5.41) is 0. The third-order valence-corrected chi connectivity index (χ3v) is 4.35. The third kappa shape index (κ3) is 6.10. The maximum absolute atomic E-state index is 12.0. The SMILES string of the molecule is Cc1ccccc1OCCC(=O)NNC(=O)COc1ccccc1-c1ccccc1. The molecule has 0 bridgehead atoms. The van der Waals surface area contributed by atoms with Gasteiger partial charge in [-0.3, -0.25) is 20.4 Å². The van der Waals surface area contributed by atoms with Crippen LogP contribution in [-0.4, -0.2) is 25.0 Å². The van der Waals surface area contributed by atoms with Crippen LogP contribution in [0.25, 0.3) is 11.1 Å². The van der Waals surface area contributed by atoms with Crippen LogP contribution >= 0.6 is 0 Å². The number of rotatable bonds is 8. The van der Waals surface area contributed by atoms with Crippen molar-refractivity contribution in [3.8, 4) is 22.6 Å². The van der Waals surface area contributed by atoms with Crippen molar-refractivity contribution in [2.24, 2.45) is 0 Å². The second-order valence-electron chi connectivity index (χ2n) is 6.61. The predicted octanol–water partition coefficient (Wildman–Crippen LogP) is 3.66. The Labute approximate surface area is 175 Å². The summed E-state index contributed by atoms with van der Waals surface area (Å²) in [7, 11) is 0. The standard InChI is InChI=1S/C24H24N2O4/c1-18-9-5-7-13-21(18)29-16-15-23(27)25-26-24(28)17-30-22-14-8-6-12-20(22)19-10-3-2-4-11-19/h2-14H,15-17H2,1H3,(H,25,27)(H,26,28). The van der Waals surface area contributed by atoms with Crippen LogP contribution in [-0.2, 0) is 9.59 Å². The van der Waals surface area contributed by atoms with Gasteiger partial charge in [0, 0.05) is 5.56 Å². The van der Waals surface area contributed by atoms with E-state index in [2.05, 4.69) is 10.9 Å². The maximum atomic E-state index is 12.0. The summed E-state index contributed by atoms with van der Waals surface area (Å²) in [6.07, 6.45) is 0.117. The molecule has 0 aliphatic heterocycles. The number of hydrogen-bond acceptors (Lipinski definition) is 4. The first-order valence-corrected chi connectivity index (χ1v) is 9.67. The van der Waals surface area contributed by atoms with E-state index in [9.17, 15) is 9.59 Å². The van der Waals surface area contributed by atoms with Crippen LogP contribution in [0.4, 0.5) is 0 Å². The van der Waals surface area contributed by atoms with E-state index in [0.717, 1.165) is 22.4 Å². The zero-order valence-corrected chi connectivity index (χ0v) is 16.8. The minimum Gasteiger partial charge on any atom is -0.493 e.